The normalized spacial score (nSPS) is 10.6. The van der Waals surface area contributed by atoms with Gasteiger partial charge in [-0.2, -0.15) is 0 Å². The van der Waals surface area contributed by atoms with Crippen LogP contribution in [0, 0.1) is 0 Å². The van der Waals surface area contributed by atoms with E-state index < -0.39 is 11.1 Å². The van der Waals surface area contributed by atoms with Crippen molar-refractivity contribution in [2.75, 3.05) is 0 Å². The lowest BCUT2D eigenvalue weighted by molar-refractivity contribution is -0.113. The molecule has 4 rings (SSSR count). The number of nitrogens with zero attached hydrogens (tertiary/aromatic N) is 6. The van der Waals surface area contributed by atoms with Crippen molar-refractivity contribution in [1.29, 1.82) is 0 Å². The molecular formula is C22H19Cl3N8O2. The van der Waals surface area contributed by atoms with Gasteiger partial charge in [0.15, 0.2) is 11.6 Å². The highest BCUT2D eigenvalue weighted by molar-refractivity contribution is 6.66. The summed E-state index contributed by atoms with van der Waals surface area (Å²) in [5, 5.41) is 8.96. The van der Waals surface area contributed by atoms with E-state index in [1.807, 2.05) is 24.3 Å². The third-order valence-electron chi connectivity index (χ3n) is 3.93. The van der Waals surface area contributed by atoms with Crippen LogP contribution in [-0.4, -0.2) is 40.7 Å². The molecule has 2 aromatic carbocycles. The lowest BCUT2D eigenvalue weighted by atomic mass is 10.2. The third-order valence-corrected chi connectivity index (χ3v) is 4.53. The van der Waals surface area contributed by atoms with Crippen LogP contribution >= 0.6 is 34.8 Å². The molecular weight excluding hydrogens is 515 g/mol. The second-order valence-electron chi connectivity index (χ2n) is 6.46. The van der Waals surface area contributed by atoms with E-state index in [1.54, 1.807) is 24.3 Å². The Bertz CT molecular complexity index is 1260. The predicted molar refractivity (Wildman–Crippen MR) is 137 cm³/mol. The fourth-order valence-electron chi connectivity index (χ4n) is 2.50. The van der Waals surface area contributed by atoms with Gasteiger partial charge in [0.05, 0.1) is 0 Å². The van der Waals surface area contributed by atoms with Crippen molar-refractivity contribution in [2.45, 2.75) is 0 Å². The topological polar surface area (TPSA) is 157 Å². The standard InChI is InChI=1S/C11H7Cl2N3O.C11H9ClN4O.H3N/c2*12-9-3-1-2-8(6-9)11-14-7-16(15-11)5-4-10(13)17;/h1-7H;1-7H,(H2,13,17);1H3/b2*5-4+;. The summed E-state index contributed by atoms with van der Waals surface area (Å²) < 4.78 is 2.80. The molecule has 0 radical (unpaired) electrons. The van der Waals surface area contributed by atoms with Gasteiger partial charge in [-0.1, -0.05) is 47.5 Å². The summed E-state index contributed by atoms with van der Waals surface area (Å²) >= 11 is 16.9. The molecule has 0 aliphatic rings. The van der Waals surface area contributed by atoms with Crippen molar-refractivity contribution in [3.8, 4) is 22.8 Å². The molecule has 13 heteroatoms. The molecule has 0 unspecified atom stereocenters. The number of carbonyl (C=O) groups is 2. The van der Waals surface area contributed by atoms with E-state index in [-0.39, 0.29) is 6.15 Å². The van der Waals surface area contributed by atoms with Crippen LogP contribution in [-0.2, 0) is 9.59 Å². The summed E-state index contributed by atoms with van der Waals surface area (Å²) in [6, 6.07) is 14.4. The lowest BCUT2D eigenvalue weighted by Crippen LogP contribution is -2.06. The molecule has 0 bridgehead atoms. The molecule has 2 aromatic heterocycles. The number of halogens is 3. The van der Waals surface area contributed by atoms with Gasteiger partial charge >= 0.3 is 0 Å². The molecule has 1 amide bonds. The molecule has 4 aromatic rings. The molecule has 0 fully saturated rings. The molecule has 35 heavy (non-hydrogen) atoms. The van der Waals surface area contributed by atoms with Gasteiger partial charge in [-0.15, -0.1) is 10.2 Å². The first-order chi connectivity index (χ1) is 16.3. The van der Waals surface area contributed by atoms with Crippen LogP contribution in [0.5, 0.6) is 0 Å². The minimum atomic E-state index is -0.565. The van der Waals surface area contributed by atoms with Gasteiger partial charge in [-0.3, -0.25) is 9.59 Å². The summed E-state index contributed by atoms with van der Waals surface area (Å²) in [5.74, 6) is 0.519. The number of rotatable bonds is 6. The molecule has 0 aliphatic heterocycles. The number of nitrogens with two attached hydrogens (primary N) is 1. The first-order valence-electron chi connectivity index (χ1n) is 9.49. The van der Waals surface area contributed by atoms with Crippen molar-refractivity contribution in [3.63, 3.8) is 0 Å². The van der Waals surface area contributed by atoms with E-state index in [0.717, 1.165) is 11.1 Å². The maximum atomic E-state index is 10.6. The molecule has 180 valence electrons. The zero-order valence-electron chi connectivity index (χ0n) is 18.0. The molecule has 0 atom stereocenters. The quantitative estimate of drug-likeness (QED) is 0.272. The molecule has 0 saturated carbocycles. The Labute approximate surface area is 215 Å². The smallest absolute Gasteiger partial charge is 0.246 e. The number of allylic oxidation sites excluding steroid dienone is 1. The number of benzene rings is 2. The Morgan fingerprint density at radius 1 is 0.800 bits per heavy atom. The summed E-state index contributed by atoms with van der Waals surface area (Å²) in [6.07, 6.45) is 8.22. The van der Waals surface area contributed by atoms with E-state index in [0.29, 0.717) is 21.7 Å². The number of aromatic nitrogens is 6. The monoisotopic (exact) mass is 532 g/mol. The Balaban J connectivity index is 0.000000240. The van der Waals surface area contributed by atoms with E-state index in [1.165, 1.54) is 46.6 Å². The van der Waals surface area contributed by atoms with Crippen molar-refractivity contribution < 1.29 is 9.59 Å². The van der Waals surface area contributed by atoms with Crippen molar-refractivity contribution in [3.05, 3.63) is 83.4 Å². The first kappa shape index (κ1) is 27.4. The van der Waals surface area contributed by atoms with Crippen LogP contribution < -0.4 is 11.9 Å². The van der Waals surface area contributed by atoms with Gasteiger partial charge in [0, 0.05) is 45.7 Å². The predicted octanol–water partition coefficient (Wildman–Crippen LogP) is 4.55. The van der Waals surface area contributed by atoms with Crippen molar-refractivity contribution >= 4 is 58.4 Å². The zero-order chi connectivity index (χ0) is 24.5. The van der Waals surface area contributed by atoms with Gasteiger partial charge in [0.1, 0.15) is 12.7 Å². The fraction of sp³-hybridized carbons (Fsp3) is 0. The fourth-order valence-corrected chi connectivity index (χ4v) is 2.93. The van der Waals surface area contributed by atoms with E-state index in [2.05, 4.69) is 20.2 Å². The Kier molecular flexibility index (Phi) is 10.3. The Morgan fingerprint density at radius 3 is 1.66 bits per heavy atom. The highest BCUT2D eigenvalue weighted by Gasteiger charge is 2.04. The Hall–Kier alpha value is -3.83. The van der Waals surface area contributed by atoms with Gasteiger partial charge in [0.25, 0.3) is 0 Å². The highest BCUT2D eigenvalue weighted by Crippen LogP contribution is 2.19. The van der Waals surface area contributed by atoms with Crippen LogP contribution in [0.25, 0.3) is 35.2 Å². The maximum absolute atomic E-state index is 10.6. The molecule has 2 heterocycles. The number of amides is 1. The Morgan fingerprint density at radius 2 is 1.26 bits per heavy atom. The molecule has 0 saturated heterocycles. The zero-order valence-corrected chi connectivity index (χ0v) is 20.3. The summed E-state index contributed by atoms with van der Waals surface area (Å²) in [5.41, 5.74) is 6.59. The van der Waals surface area contributed by atoms with Gasteiger partial charge in [-0.05, 0) is 35.9 Å². The van der Waals surface area contributed by atoms with E-state index >= 15 is 0 Å². The van der Waals surface area contributed by atoms with Crippen LogP contribution in [0.1, 0.15) is 0 Å². The summed E-state index contributed by atoms with van der Waals surface area (Å²) in [4.78, 5) is 29.3. The van der Waals surface area contributed by atoms with E-state index in [9.17, 15) is 9.59 Å². The summed E-state index contributed by atoms with van der Waals surface area (Å²) in [7, 11) is 0. The largest absolute Gasteiger partial charge is 0.366 e. The molecule has 10 nitrogen and oxygen atoms in total. The molecule has 0 spiro atoms. The van der Waals surface area contributed by atoms with Crippen LogP contribution in [0.2, 0.25) is 10.0 Å². The second kappa shape index (κ2) is 13.2. The van der Waals surface area contributed by atoms with Gasteiger partial charge in [-0.25, -0.2) is 19.3 Å². The maximum Gasteiger partial charge on any atom is 0.246 e. The van der Waals surface area contributed by atoms with Gasteiger partial charge < -0.3 is 11.9 Å². The highest BCUT2D eigenvalue weighted by atomic mass is 35.5. The number of hydrogen-bond donors (Lipinski definition) is 2. The number of carbonyl (C=O) groups excluding carboxylic acids is 2. The second-order valence-corrected chi connectivity index (χ2v) is 7.70. The minimum Gasteiger partial charge on any atom is -0.366 e. The lowest BCUT2D eigenvalue weighted by Gasteiger charge is -1.95. The van der Waals surface area contributed by atoms with Crippen LogP contribution in [0.15, 0.2) is 73.3 Å². The van der Waals surface area contributed by atoms with E-state index in [4.69, 9.17) is 40.5 Å². The third kappa shape index (κ3) is 8.80. The van der Waals surface area contributed by atoms with Crippen molar-refractivity contribution in [1.82, 2.24) is 35.7 Å². The average Bonchev–Trinajstić information content (AvgIpc) is 3.47. The van der Waals surface area contributed by atoms with Crippen molar-refractivity contribution in [2.24, 2.45) is 5.73 Å². The average molecular weight is 534 g/mol. The van der Waals surface area contributed by atoms with Crippen LogP contribution in [0.3, 0.4) is 0 Å². The van der Waals surface area contributed by atoms with Gasteiger partial charge in [0.2, 0.25) is 11.1 Å². The first-order valence-corrected chi connectivity index (χ1v) is 10.6. The SMILES string of the molecule is N.NC(=O)/C=C/n1cnc(-c2cccc(Cl)c2)n1.O=C(Cl)/C=C/n1cnc(-c2cccc(Cl)c2)n1. The molecule has 5 N–H and O–H groups in total. The molecule has 0 aliphatic carbocycles. The summed E-state index contributed by atoms with van der Waals surface area (Å²) in [6.45, 7) is 0. The minimum absolute atomic E-state index is 0. The number of primary amides is 1. The number of hydrogen-bond acceptors (Lipinski definition) is 7. The van der Waals surface area contributed by atoms with Crippen LogP contribution in [0.4, 0.5) is 0 Å².